The van der Waals surface area contributed by atoms with Crippen LogP contribution in [0.4, 0.5) is 0 Å². The largest absolute Gasteiger partial charge is 0.461 e. The van der Waals surface area contributed by atoms with Gasteiger partial charge in [0.25, 0.3) is 0 Å². The van der Waals surface area contributed by atoms with Gasteiger partial charge in [-0.25, -0.2) is 0 Å². The third-order valence-electron chi connectivity index (χ3n) is 2.68. The Bertz CT molecular complexity index is 436. The Balaban J connectivity index is 2.20. The molecule has 0 aliphatic rings. The third-order valence-corrected chi connectivity index (χ3v) is 2.68. The number of hydrogen-bond donors (Lipinski definition) is 1. The molecule has 1 atom stereocenters. The minimum absolute atomic E-state index is 0.376. The molecule has 0 radical (unpaired) electrons. The third kappa shape index (κ3) is 2.31. The van der Waals surface area contributed by atoms with Gasteiger partial charge in [0.1, 0.15) is 11.5 Å². The summed E-state index contributed by atoms with van der Waals surface area (Å²) in [4.78, 5) is 3.98. The molecule has 3 heteroatoms. The van der Waals surface area contributed by atoms with E-state index in [0.717, 1.165) is 23.5 Å². The zero-order chi connectivity index (χ0) is 11.4. The zero-order valence-electron chi connectivity index (χ0n) is 9.39. The Kier molecular flexibility index (Phi) is 3.37. The standard InChI is InChI=1S/C13H16N2O/c1-10(4-7-14)12-2-3-13(16-12)11-5-8-15-9-6-11/h2-3,5-6,8-10H,4,7,14H2,1H3. The summed E-state index contributed by atoms with van der Waals surface area (Å²) in [6.45, 7) is 2.81. The number of nitrogens with two attached hydrogens (primary N) is 1. The highest BCUT2D eigenvalue weighted by molar-refractivity contribution is 5.56. The Morgan fingerprint density at radius 3 is 2.69 bits per heavy atom. The Morgan fingerprint density at radius 1 is 1.25 bits per heavy atom. The van der Waals surface area contributed by atoms with Crippen molar-refractivity contribution >= 4 is 0 Å². The first kappa shape index (κ1) is 10.9. The lowest BCUT2D eigenvalue weighted by Gasteiger charge is -2.05. The number of aromatic nitrogens is 1. The molecule has 1 unspecified atom stereocenters. The van der Waals surface area contributed by atoms with Gasteiger partial charge in [0, 0.05) is 23.9 Å². The monoisotopic (exact) mass is 216 g/mol. The van der Waals surface area contributed by atoms with Crippen LogP contribution >= 0.6 is 0 Å². The van der Waals surface area contributed by atoms with Crippen molar-refractivity contribution in [2.45, 2.75) is 19.3 Å². The van der Waals surface area contributed by atoms with Gasteiger partial charge in [-0.15, -0.1) is 0 Å². The minimum atomic E-state index is 0.376. The number of pyridine rings is 1. The second kappa shape index (κ2) is 4.94. The average molecular weight is 216 g/mol. The van der Waals surface area contributed by atoms with Crippen molar-refractivity contribution in [3.05, 3.63) is 42.4 Å². The first-order valence-corrected chi connectivity index (χ1v) is 5.51. The normalized spacial score (nSPS) is 12.6. The van der Waals surface area contributed by atoms with Gasteiger partial charge in [-0.3, -0.25) is 4.98 Å². The van der Waals surface area contributed by atoms with Crippen LogP contribution in [0, 0.1) is 0 Å². The summed E-state index contributed by atoms with van der Waals surface area (Å²) >= 11 is 0. The highest BCUT2D eigenvalue weighted by Crippen LogP contribution is 2.26. The Morgan fingerprint density at radius 2 is 2.00 bits per heavy atom. The lowest BCUT2D eigenvalue weighted by atomic mass is 10.1. The van der Waals surface area contributed by atoms with Crippen LogP contribution in [-0.2, 0) is 0 Å². The van der Waals surface area contributed by atoms with Gasteiger partial charge in [-0.1, -0.05) is 6.92 Å². The first-order valence-electron chi connectivity index (χ1n) is 5.51. The number of nitrogens with zero attached hydrogens (tertiary/aromatic N) is 1. The van der Waals surface area contributed by atoms with Gasteiger partial charge in [0.05, 0.1) is 0 Å². The summed E-state index contributed by atoms with van der Waals surface area (Å²) in [6.07, 6.45) is 4.48. The van der Waals surface area contributed by atoms with Crippen LogP contribution < -0.4 is 5.73 Å². The maximum atomic E-state index is 5.80. The lowest BCUT2D eigenvalue weighted by Crippen LogP contribution is -2.03. The van der Waals surface area contributed by atoms with E-state index < -0.39 is 0 Å². The Hall–Kier alpha value is -1.61. The van der Waals surface area contributed by atoms with Crippen molar-refractivity contribution < 1.29 is 4.42 Å². The summed E-state index contributed by atoms with van der Waals surface area (Å²) in [5.74, 6) is 2.26. The van der Waals surface area contributed by atoms with E-state index in [1.807, 2.05) is 24.3 Å². The van der Waals surface area contributed by atoms with Gasteiger partial charge < -0.3 is 10.2 Å². The lowest BCUT2D eigenvalue weighted by molar-refractivity contribution is 0.474. The van der Waals surface area contributed by atoms with Crippen molar-refractivity contribution in [3.8, 4) is 11.3 Å². The van der Waals surface area contributed by atoms with Crippen LogP contribution in [-0.4, -0.2) is 11.5 Å². The molecule has 0 aliphatic heterocycles. The van der Waals surface area contributed by atoms with Gasteiger partial charge in [0.15, 0.2) is 0 Å². The topological polar surface area (TPSA) is 52.0 Å². The zero-order valence-corrected chi connectivity index (χ0v) is 9.39. The molecule has 0 bridgehead atoms. The molecular weight excluding hydrogens is 200 g/mol. The molecule has 0 fully saturated rings. The summed E-state index contributed by atoms with van der Waals surface area (Å²) in [6, 6.07) is 7.90. The predicted octanol–water partition coefficient (Wildman–Crippen LogP) is 2.79. The first-order chi connectivity index (χ1) is 7.81. The van der Waals surface area contributed by atoms with E-state index >= 15 is 0 Å². The number of furan rings is 1. The molecule has 0 saturated heterocycles. The Labute approximate surface area is 95.3 Å². The van der Waals surface area contributed by atoms with Gasteiger partial charge in [-0.2, -0.15) is 0 Å². The van der Waals surface area contributed by atoms with E-state index in [4.69, 9.17) is 10.2 Å². The average Bonchev–Trinajstić information content (AvgIpc) is 2.80. The highest BCUT2D eigenvalue weighted by Gasteiger charge is 2.10. The molecule has 2 rings (SSSR count). The van der Waals surface area contributed by atoms with Crippen LogP contribution in [0.25, 0.3) is 11.3 Å². The van der Waals surface area contributed by atoms with Gasteiger partial charge >= 0.3 is 0 Å². The van der Waals surface area contributed by atoms with Crippen molar-refractivity contribution in [2.24, 2.45) is 5.73 Å². The van der Waals surface area contributed by atoms with Crippen LogP contribution in [0.1, 0.15) is 25.0 Å². The molecule has 84 valence electrons. The SMILES string of the molecule is CC(CCN)c1ccc(-c2ccncc2)o1. The molecule has 3 nitrogen and oxygen atoms in total. The van der Waals surface area contributed by atoms with E-state index in [9.17, 15) is 0 Å². The molecule has 2 N–H and O–H groups in total. The van der Waals surface area contributed by atoms with Crippen molar-refractivity contribution in [1.82, 2.24) is 4.98 Å². The maximum absolute atomic E-state index is 5.80. The van der Waals surface area contributed by atoms with Crippen molar-refractivity contribution in [2.75, 3.05) is 6.54 Å². The van der Waals surface area contributed by atoms with Crippen LogP contribution in [0.15, 0.2) is 41.1 Å². The molecule has 0 amide bonds. The molecule has 0 aliphatic carbocycles. The number of rotatable bonds is 4. The fourth-order valence-electron chi connectivity index (χ4n) is 1.68. The van der Waals surface area contributed by atoms with Crippen LogP contribution in [0.3, 0.4) is 0 Å². The molecule has 16 heavy (non-hydrogen) atoms. The highest BCUT2D eigenvalue weighted by atomic mass is 16.3. The van der Waals surface area contributed by atoms with E-state index in [1.165, 1.54) is 0 Å². The molecule has 2 aromatic heterocycles. The fraction of sp³-hybridized carbons (Fsp3) is 0.308. The summed E-state index contributed by atoms with van der Waals surface area (Å²) in [7, 11) is 0. The fourth-order valence-corrected chi connectivity index (χ4v) is 1.68. The summed E-state index contributed by atoms with van der Waals surface area (Å²) < 4.78 is 5.80. The maximum Gasteiger partial charge on any atom is 0.134 e. The van der Waals surface area contributed by atoms with E-state index in [-0.39, 0.29) is 0 Å². The smallest absolute Gasteiger partial charge is 0.134 e. The quantitative estimate of drug-likeness (QED) is 0.855. The molecule has 0 aromatic carbocycles. The van der Waals surface area contributed by atoms with Crippen molar-refractivity contribution in [1.29, 1.82) is 0 Å². The van der Waals surface area contributed by atoms with E-state index in [2.05, 4.69) is 11.9 Å². The second-order valence-electron chi connectivity index (χ2n) is 3.92. The molecular formula is C13H16N2O. The summed E-state index contributed by atoms with van der Waals surface area (Å²) in [5.41, 5.74) is 6.59. The summed E-state index contributed by atoms with van der Waals surface area (Å²) in [5, 5.41) is 0. The molecule has 0 spiro atoms. The molecule has 0 saturated carbocycles. The van der Waals surface area contributed by atoms with E-state index in [0.29, 0.717) is 12.5 Å². The van der Waals surface area contributed by atoms with Crippen LogP contribution in [0.5, 0.6) is 0 Å². The molecule has 2 heterocycles. The van der Waals surface area contributed by atoms with Crippen molar-refractivity contribution in [3.63, 3.8) is 0 Å². The van der Waals surface area contributed by atoms with Crippen LogP contribution in [0.2, 0.25) is 0 Å². The predicted molar refractivity (Wildman–Crippen MR) is 64.0 cm³/mol. The molecule has 2 aromatic rings. The minimum Gasteiger partial charge on any atom is -0.461 e. The van der Waals surface area contributed by atoms with E-state index in [1.54, 1.807) is 12.4 Å². The van der Waals surface area contributed by atoms with Gasteiger partial charge in [-0.05, 0) is 37.2 Å². The van der Waals surface area contributed by atoms with Gasteiger partial charge in [0.2, 0.25) is 0 Å². The number of hydrogen-bond acceptors (Lipinski definition) is 3. The second-order valence-corrected chi connectivity index (χ2v) is 3.92.